The molecule has 0 bridgehead atoms. The lowest BCUT2D eigenvalue weighted by molar-refractivity contribution is 0.314. The normalized spacial score (nSPS) is 11.4. The van der Waals surface area contributed by atoms with E-state index in [1.54, 1.807) is 6.92 Å². The van der Waals surface area contributed by atoms with Crippen LogP contribution in [0.1, 0.15) is 6.92 Å². The van der Waals surface area contributed by atoms with Crippen molar-refractivity contribution in [3.8, 4) is 6.01 Å². The first-order valence-electron chi connectivity index (χ1n) is 5.56. The summed E-state index contributed by atoms with van der Waals surface area (Å²) in [5.74, 6) is -1.21. The van der Waals surface area contributed by atoms with Gasteiger partial charge in [-0.3, -0.25) is 0 Å². The van der Waals surface area contributed by atoms with Crippen LogP contribution in [0.15, 0.2) is 17.0 Å². The summed E-state index contributed by atoms with van der Waals surface area (Å²) < 4.78 is 44.8. The lowest BCUT2D eigenvalue weighted by Gasteiger charge is -2.08. The molecular weight excluding hydrogens is 346 g/mol. The Balaban J connectivity index is 2.32. The minimum atomic E-state index is -4.15. The molecule has 1 aromatic heterocycles. The number of anilines is 1. The molecule has 0 aliphatic carbocycles. The number of rotatable bonds is 5. The van der Waals surface area contributed by atoms with Crippen LogP contribution in [0.25, 0.3) is 0 Å². The first kappa shape index (κ1) is 15.8. The van der Waals surface area contributed by atoms with Gasteiger partial charge in [0.25, 0.3) is 10.0 Å². The van der Waals surface area contributed by atoms with E-state index in [4.69, 9.17) is 27.9 Å². The predicted molar refractivity (Wildman–Crippen MR) is 74.8 cm³/mol. The zero-order valence-electron chi connectivity index (χ0n) is 10.5. The van der Waals surface area contributed by atoms with E-state index in [-0.39, 0.29) is 17.0 Å². The molecule has 1 aromatic carbocycles. The minimum absolute atomic E-state index is 0.0245. The van der Waals surface area contributed by atoms with E-state index in [1.165, 1.54) is 0 Å². The summed E-state index contributed by atoms with van der Waals surface area (Å²) in [5.41, 5.74) is 0. The lowest BCUT2D eigenvalue weighted by atomic mass is 10.3. The fourth-order valence-corrected chi connectivity index (χ4v) is 3.09. The van der Waals surface area contributed by atoms with Crippen LogP contribution in [-0.2, 0) is 10.0 Å². The summed E-state index contributed by atoms with van der Waals surface area (Å²) in [6, 6.07) is 2.14. The van der Waals surface area contributed by atoms with Crippen LogP contribution in [0.3, 0.4) is 0 Å². The Morgan fingerprint density at radius 2 is 2.14 bits per heavy atom. The molecule has 0 fully saturated rings. The lowest BCUT2D eigenvalue weighted by Crippen LogP contribution is -2.15. The molecule has 21 heavy (non-hydrogen) atoms. The number of aromatic amines is 1. The Hall–Kier alpha value is -1.58. The summed E-state index contributed by atoms with van der Waals surface area (Å²) in [6.45, 7) is 2.04. The molecule has 0 atom stereocenters. The van der Waals surface area contributed by atoms with E-state index in [1.807, 2.05) is 0 Å². The van der Waals surface area contributed by atoms with E-state index >= 15 is 0 Å². The Bertz CT molecular complexity index is 766. The standard InChI is InChI=1S/C10H9Cl2FN4O3S/c1-2-20-10-14-9(15-16-10)17-21(18,19)6-4-3-5(11)8(13)7(6)12/h3-4H,2H2,1H3,(H2,14,15,16,17). The Morgan fingerprint density at radius 3 is 2.81 bits per heavy atom. The van der Waals surface area contributed by atoms with Gasteiger partial charge in [-0.1, -0.05) is 23.2 Å². The molecule has 2 aromatic rings. The van der Waals surface area contributed by atoms with Gasteiger partial charge in [0.1, 0.15) is 4.90 Å². The minimum Gasteiger partial charge on any atom is -0.463 e. The maximum Gasteiger partial charge on any atom is 0.337 e. The van der Waals surface area contributed by atoms with Crippen LogP contribution in [-0.4, -0.2) is 30.2 Å². The summed E-state index contributed by atoms with van der Waals surface area (Å²) in [4.78, 5) is 3.27. The average Bonchev–Trinajstić information content (AvgIpc) is 2.82. The molecule has 11 heteroatoms. The molecule has 0 spiro atoms. The van der Waals surface area contributed by atoms with Crippen LogP contribution in [0.5, 0.6) is 6.01 Å². The fourth-order valence-electron chi connectivity index (χ4n) is 1.38. The number of ether oxygens (including phenoxy) is 1. The number of H-pyrrole nitrogens is 1. The fraction of sp³-hybridized carbons (Fsp3) is 0.200. The smallest absolute Gasteiger partial charge is 0.337 e. The second-order valence-electron chi connectivity index (χ2n) is 3.68. The Kier molecular flexibility index (Phi) is 4.55. The Morgan fingerprint density at radius 1 is 1.43 bits per heavy atom. The highest BCUT2D eigenvalue weighted by Gasteiger charge is 2.23. The highest BCUT2D eigenvalue weighted by molar-refractivity contribution is 7.92. The maximum atomic E-state index is 13.6. The average molecular weight is 355 g/mol. The van der Waals surface area contributed by atoms with Gasteiger partial charge in [-0.15, -0.1) is 5.10 Å². The molecule has 0 amide bonds. The number of halogens is 3. The monoisotopic (exact) mass is 354 g/mol. The molecule has 0 aliphatic rings. The topological polar surface area (TPSA) is 97.0 Å². The largest absolute Gasteiger partial charge is 0.463 e. The van der Waals surface area contributed by atoms with Gasteiger partial charge in [0.05, 0.1) is 16.7 Å². The summed E-state index contributed by atoms with van der Waals surface area (Å²) in [5, 5.41) is 5.06. The van der Waals surface area contributed by atoms with E-state index in [0.29, 0.717) is 6.61 Å². The van der Waals surface area contributed by atoms with Gasteiger partial charge >= 0.3 is 6.01 Å². The van der Waals surface area contributed by atoms with E-state index < -0.39 is 25.8 Å². The number of aromatic nitrogens is 3. The van der Waals surface area contributed by atoms with E-state index in [2.05, 4.69) is 19.9 Å². The highest BCUT2D eigenvalue weighted by Crippen LogP contribution is 2.30. The number of nitrogens with one attached hydrogen (secondary N) is 2. The van der Waals surface area contributed by atoms with Crippen LogP contribution in [0.2, 0.25) is 10.0 Å². The number of sulfonamides is 1. The summed E-state index contributed by atoms with van der Waals surface area (Å²) >= 11 is 11.2. The predicted octanol–water partition coefficient (Wildman–Crippen LogP) is 2.45. The highest BCUT2D eigenvalue weighted by atomic mass is 35.5. The van der Waals surface area contributed by atoms with E-state index in [9.17, 15) is 12.8 Å². The number of hydrogen-bond donors (Lipinski definition) is 2. The third-order valence-electron chi connectivity index (χ3n) is 2.26. The van der Waals surface area contributed by atoms with Gasteiger partial charge in [0, 0.05) is 0 Å². The van der Waals surface area contributed by atoms with Gasteiger partial charge in [-0.25, -0.2) is 22.6 Å². The zero-order valence-corrected chi connectivity index (χ0v) is 12.9. The van der Waals surface area contributed by atoms with E-state index in [0.717, 1.165) is 12.1 Å². The van der Waals surface area contributed by atoms with Crippen molar-refractivity contribution in [2.24, 2.45) is 0 Å². The molecule has 0 saturated carbocycles. The molecule has 1 heterocycles. The SMILES string of the molecule is CCOc1n[nH]c(NS(=O)(=O)c2ccc(Cl)c(F)c2Cl)n1. The van der Waals surface area contributed by atoms with Crippen molar-refractivity contribution in [1.29, 1.82) is 0 Å². The van der Waals surface area contributed by atoms with Crippen molar-refractivity contribution < 1.29 is 17.5 Å². The first-order chi connectivity index (χ1) is 9.85. The van der Waals surface area contributed by atoms with Crippen LogP contribution < -0.4 is 9.46 Å². The molecule has 7 nitrogen and oxygen atoms in total. The van der Waals surface area contributed by atoms with Gasteiger partial charge in [0.15, 0.2) is 5.82 Å². The number of nitrogens with zero attached hydrogens (tertiary/aromatic N) is 2. The van der Waals surface area contributed by atoms with Crippen LogP contribution in [0.4, 0.5) is 10.3 Å². The van der Waals surface area contributed by atoms with Crippen molar-refractivity contribution >= 4 is 39.2 Å². The number of benzene rings is 1. The van der Waals surface area contributed by atoms with Crippen molar-refractivity contribution in [2.45, 2.75) is 11.8 Å². The maximum absolute atomic E-state index is 13.6. The second kappa shape index (κ2) is 6.04. The van der Waals surface area contributed by atoms with Crippen molar-refractivity contribution in [2.75, 3.05) is 11.3 Å². The van der Waals surface area contributed by atoms with Crippen molar-refractivity contribution in [3.05, 3.63) is 28.0 Å². The van der Waals surface area contributed by atoms with Crippen molar-refractivity contribution in [3.63, 3.8) is 0 Å². The van der Waals surface area contributed by atoms with Gasteiger partial charge in [-0.2, -0.15) is 4.98 Å². The van der Waals surface area contributed by atoms with Gasteiger partial charge < -0.3 is 4.74 Å². The van der Waals surface area contributed by atoms with Crippen LogP contribution in [0, 0.1) is 5.82 Å². The first-order valence-corrected chi connectivity index (χ1v) is 7.80. The second-order valence-corrected chi connectivity index (χ2v) is 6.11. The molecular formula is C10H9Cl2FN4O3S. The summed E-state index contributed by atoms with van der Waals surface area (Å²) in [6.07, 6.45) is 0. The van der Waals surface area contributed by atoms with Crippen LogP contribution >= 0.6 is 23.2 Å². The molecule has 0 aliphatic heterocycles. The molecule has 2 rings (SSSR count). The van der Waals surface area contributed by atoms with Gasteiger partial charge in [-0.05, 0) is 19.1 Å². The zero-order chi connectivity index (χ0) is 15.6. The summed E-state index contributed by atoms with van der Waals surface area (Å²) in [7, 11) is -4.15. The molecule has 0 radical (unpaired) electrons. The van der Waals surface area contributed by atoms with Crippen molar-refractivity contribution in [1.82, 2.24) is 15.2 Å². The molecule has 114 valence electrons. The quantitative estimate of drug-likeness (QED) is 0.803. The molecule has 2 N–H and O–H groups in total. The molecule has 0 unspecified atom stereocenters. The third kappa shape index (κ3) is 3.36. The third-order valence-corrected chi connectivity index (χ3v) is 4.41. The Labute approximate surface area is 129 Å². The van der Waals surface area contributed by atoms with Gasteiger partial charge in [0.2, 0.25) is 5.95 Å². The molecule has 0 saturated heterocycles. The number of hydrogen-bond acceptors (Lipinski definition) is 5.